The summed E-state index contributed by atoms with van der Waals surface area (Å²) >= 11 is 0. The molecule has 1 aliphatic rings. The maximum Gasteiger partial charge on any atom is 0.317 e. The van der Waals surface area contributed by atoms with Gasteiger partial charge in [-0.15, -0.1) is 6.58 Å². The predicted molar refractivity (Wildman–Crippen MR) is 65.4 cm³/mol. The fourth-order valence-corrected chi connectivity index (χ4v) is 2.80. The van der Waals surface area contributed by atoms with E-state index in [4.69, 9.17) is 5.11 Å². The molecule has 2 atom stereocenters. The molecule has 92 valence electrons. The van der Waals surface area contributed by atoms with E-state index in [0.717, 1.165) is 12.8 Å². The summed E-state index contributed by atoms with van der Waals surface area (Å²) in [6.45, 7) is 6.76. The van der Waals surface area contributed by atoms with Gasteiger partial charge in [-0.2, -0.15) is 0 Å². The zero-order chi connectivity index (χ0) is 12.0. The standard InChI is InChI=1S/C13H23NO2/c1-3-9-14(10-13(15)16)12-8-6-5-7-11(12)4-2/h3,11-12H,1,4-10H2,2H3,(H,15,16). The molecule has 0 aromatic carbocycles. The van der Waals surface area contributed by atoms with Crippen molar-refractivity contribution < 1.29 is 9.90 Å². The summed E-state index contributed by atoms with van der Waals surface area (Å²) in [5.74, 6) is -0.0738. The first kappa shape index (κ1) is 13.2. The minimum Gasteiger partial charge on any atom is -0.480 e. The molecule has 1 saturated carbocycles. The second-order valence-corrected chi connectivity index (χ2v) is 4.63. The molecule has 1 aliphatic carbocycles. The second kappa shape index (κ2) is 6.69. The lowest BCUT2D eigenvalue weighted by atomic mass is 9.82. The first-order chi connectivity index (χ1) is 7.69. The molecule has 3 heteroatoms. The van der Waals surface area contributed by atoms with Crippen LogP contribution in [0.4, 0.5) is 0 Å². The number of hydrogen-bond acceptors (Lipinski definition) is 2. The molecule has 0 aliphatic heterocycles. The maximum atomic E-state index is 10.8. The van der Waals surface area contributed by atoms with E-state index in [1.54, 1.807) is 0 Å². The van der Waals surface area contributed by atoms with Crippen LogP contribution in [-0.4, -0.2) is 35.1 Å². The van der Waals surface area contributed by atoms with Crippen molar-refractivity contribution >= 4 is 5.97 Å². The van der Waals surface area contributed by atoms with Crippen molar-refractivity contribution in [2.45, 2.75) is 45.1 Å². The van der Waals surface area contributed by atoms with E-state index in [1.165, 1.54) is 19.3 Å². The number of carbonyl (C=O) groups is 1. The molecule has 0 radical (unpaired) electrons. The molecule has 1 rings (SSSR count). The van der Waals surface area contributed by atoms with Crippen molar-refractivity contribution in [3.63, 3.8) is 0 Å². The maximum absolute atomic E-state index is 10.8. The largest absolute Gasteiger partial charge is 0.480 e. The van der Waals surface area contributed by atoms with Gasteiger partial charge in [0.25, 0.3) is 0 Å². The zero-order valence-electron chi connectivity index (χ0n) is 10.2. The smallest absolute Gasteiger partial charge is 0.317 e. The Morgan fingerprint density at radius 1 is 1.50 bits per heavy atom. The number of rotatable bonds is 6. The fourth-order valence-electron chi connectivity index (χ4n) is 2.80. The fraction of sp³-hybridized carbons (Fsp3) is 0.769. The highest BCUT2D eigenvalue weighted by atomic mass is 16.4. The van der Waals surface area contributed by atoms with E-state index in [1.807, 2.05) is 6.08 Å². The summed E-state index contributed by atoms with van der Waals surface area (Å²) in [5, 5.41) is 8.92. The lowest BCUT2D eigenvalue weighted by molar-refractivity contribution is -0.139. The Morgan fingerprint density at radius 3 is 2.75 bits per heavy atom. The van der Waals surface area contributed by atoms with Crippen molar-refractivity contribution in [2.75, 3.05) is 13.1 Å². The first-order valence-corrected chi connectivity index (χ1v) is 6.25. The molecule has 0 bridgehead atoms. The molecule has 1 N–H and O–H groups in total. The van der Waals surface area contributed by atoms with Crippen LogP contribution in [0.5, 0.6) is 0 Å². The number of aliphatic carboxylic acids is 1. The predicted octanol–water partition coefficient (Wildman–Crippen LogP) is 2.53. The molecule has 0 amide bonds. The quantitative estimate of drug-likeness (QED) is 0.706. The number of nitrogens with zero attached hydrogens (tertiary/aromatic N) is 1. The molecule has 0 aromatic heterocycles. The molecule has 2 unspecified atom stereocenters. The van der Waals surface area contributed by atoms with Crippen molar-refractivity contribution in [2.24, 2.45) is 5.92 Å². The summed E-state index contributed by atoms with van der Waals surface area (Å²) < 4.78 is 0. The molecule has 0 heterocycles. The van der Waals surface area contributed by atoms with Gasteiger partial charge in [-0.3, -0.25) is 9.69 Å². The summed E-state index contributed by atoms with van der Waals surface area (Å²) in [4.78, 5) is 12.9. The topological polar surface area (TPSA) is 40.5 Å². The SMILES string of the molecule is C=CCN(CC(=O)O)C1CCCCC1CC. The second-order valence-electron chi connectivity index (χ2n) is 4.63. The van der Waals surface area contributed by atoms with Crippen molar-refractivity contribution in [3.05, 3.63) is 12.7 Å². The molecule has 3 nitrogen and oxygen atoms in total. The minimum absolute atomic E-state index is 0.146. The van der Waals surface area contributed by atoms with Gasteiger partial charge in [-0.25, -0.2) is 0 Å². The average molecular weight is 225 g/mol. The Labute approximate surface area is 98.1 Å². The van der Waals surface area contributed by atoms with Gasteiger partial charge < -0.3 is 5.11 Å². The Morgan fingerprint density at radius 2 is 2.19 bits per heavy atom. The molecule has 0 aromatic rings. The molecule has 0 saturated heterocycles. The Balaban J connectivity index is 2.65. The highest BCUT2D eigenvalue weighted by Crippen LogP contribution is 2.30. The third kappa shape index (κ3) is 3.63. The van der Waals surface area contributed by atoms with Crippen LogP contribution in [-0.2, 0) is 4.79 Å². The molecule has 16 heavy (non-hydrogen) atoms. The van der Waals surface area contributed by atoms with Crippen LogP contribution in [0.1, 0.15) is 39.0 Å². The van der Waals surface area contributed by atoms with Crippen LogP contribution in [0.3, 0.4) is 0 Å². The van der Waals surface area contributed by atoms with Crippen molar-refractivity contribution in [1.82, 2.24) is 4.90 Å². The highest BCUT2D eigenvalue weighted by Gasteiger charge is 2.29. The minimum atomic E-state index is -0.734. The Hall–Kier alpha value is -0.830. The number of carboxylic acid groups (broad SMARTS) is 1. The van der Waals surface area contributed by atoms with Crippen LogP contribution in [0, 0.1) is 5.92 Å². The third-order valence-electron chi connectivity index (χ3n) is 3.56. The van der Waals surface area contributed by atoms with Crippen LogP contribution in [0.2, 0.25) is 0 Å². The molecular formula is C13H23NO2. The summed E-state index contributed by atoms with van der Waals surface area (Å²) in [6, 6.07) is 0.438. The van der Waals surface area contributed by atoms with Gasteiger partial charge in [0.2, 0.25) is 0 Å². The molecule has 0 spiro atoms. The van der Waals surface area contributed by atoms with Gasteiger partial charge in [0.1, 0.15) is 0 Å². The summed E-state index contributed by atoms with van der Waals surface area (Å²) in [6.07, 6.45) is 7.87. The average Bonchev–Trinajstić information content (AvgIpc) is 2.28. The zero-order valence-corrected chi connectivity index (χ0v) is 10.2. The third-order valence-corrected chi connectivity index (χ3v) is 3.56. The van der Waals surface area contributed by atoms with E-state index >= 15 is 0 Å². The van der Waals surface area contributed by atoms with Crippen LogP contribution >= 0.6 is 0 Å². The van der Waals surface area contributed by atoms with Crippen molar-refractivity contribution in [3.8, 4) is 0 Å². The molecule has 1 fully saturated rings. The van der Waals surface area contributed by atoms with Gasteiger partial charge in [0.05, 0.1) is 6.54 Å². The van der Waals surface area contributed by atoms with E-state index in [-0.39, 0.29) is 6.54 Å². The van der Waals surface area contributed by atoms with Crippen LogP contribution in [0.15, 0.2) is 12.7 Å². The van der Waals surface area contributed by atoms with Gasteiger partial charge >= 0.3 is 5.97 Å². The van der Waals surface area contributed by atoms with E-state index in [0.29, 0.717) is 18.5 Å². The highest BCUT2D eigenvalue weighted by molar-refractivity contribution is 5.69. The van der Waals surface area contributed by atoms with E-state index in [2.05, 4.69) is 18.4 Å². The number of hydrogen-bond donors (Lipinski definition) is 1. The summed E-state index contributed by atoms with van der Waals surface area (Å²) in [5.41, 5.74) is 0. The van der Waals surface area contributed by atoms with Crippen molar-refractivity contribution in [1.29, 1.82) is 0 Å². The van der Waals surface area contributed by atoms with Crippen LogP contribution in [0.25, 0.3) is 0 Å². The Kier molecular flexibility index (Phi) is 5.53. The van der Waals surface area contributed by atoms with Crippen LogP contribution < -0.4 is 0 Å². The molecular weight excluding hydrogens is 202 g/mol. The summed E-state index contributed by atoms with van der Waals surface area (Å²) in [7, 11) is 0. The monoisotopic (exact) mass is 225 g/mol. The lowest BCUT2D eigenvalue weighted by Gasteiger charge is -2.38. The van der Waals surface area contributed by atoms with Gasteiger partial charge in [-0.1, -0.05) is 32.3 Å². The lowest BCUT2D eigenvalue weighted by Crippen LogP contribution is -2.44. The van der Waals surface area contributed by atoms with Gasteiger partial charge in [0, 0.05) is 12.6 Å². The van der Waals surface area contributed by atoms with Gasteiger partial charge in [-0.05, 0) is 18.8 Å². The number of carboxylic acids is 1. The van der Waals surface area contributed by atoms with E-state index < -0.39 is 5.97 Å². The van der Waals surface area contributed by atoms with E-state index in [9.17, 15) is 4.79 Å². The normalized spacial score (nSPS) is 25.6. The first-order valence-electron chi connectivity index (χ1n) is 6.25. The van der Waals surface area contributed by atoms with Gasteiger partial charge in [0.15, 0.2) is 0 Å². The Bertz CT molecular complexity index is 240.